The molecule has 3 rings (SSSR count). The van der Waals surface area contributed by atoms with Crippen LogP contribution in [0.3, 0.4) is 0 Å². The van der Waals surface area contributed by atoms with Gasteiger partial charge in [0.25, 0.3) is 15.9 Å². The van der Waals surface area contributed by atoms with Crippen molar-refractivity contribution in [2.45, 2.75) is 24.9 Å². The monoisotopic (exact) mass is 476 g/mol. The zero-order chi connectivity index (χ0) is 23.1. The number of carbonyl (C=O) groups excluding carboxylic acids is 1. The summed E-state index contributed by atoms with van der Waals surface area (Å²) < 4.78 is 82.0. The number of hydrogen-bond donors (Lipinski definition) is 1. The molecule has 0 aliphatic rings. The molecule has 0 aliphatic heterocycles. The van der Waals surface area contributed by atoms with E-state index < -0.39 is 45.0 Å². The van der Waals surface area contributed by atoms with Gasteiger partial charge in [-0.1, -0.05) is 28.9 Å². The quantitative estimate of drug-likeness (QED) is 0.578. The molecule has 2 aromatic carbocycles. The Morgan fingerprint density at radius 2 is 1.81 bits per heavy atom. The van der Waals surface area contributed by atoms with Crippen molar-refractivity contribution >= 4 is 27.5 Å². The Hall–Kier alpha value is -2.99. The third kappa shape index (κ3) is 4.54. The molecule has 0 unspecified atom stereocenters. The van der Waals surface area contributed by atoms with Gasteiger partial charge in [0, 0.05) is 5.02 Å². The van der Waals surface area contributed by atoms with Crippen LogP contribution in [-0.4, -0.2) is 29.3 Å². The molecule has 13 heteroatoms. The van der Waals surface area contributed by atoms with E-state index in [1.54, 1.807) is 17.7 Å². The van der Waals surface area contributed by atoms with Crippen LogP contribution in [-0.2, 0) is 16.2 Å². The molecule has 0 spiro atoms. The van der Waals surface area contributed by atoms with Crippen molar-refractivity contribution < 1.29 is 30.8 Å². The molecular formula is C18H13ClF4N4O3S. The average Bonchev–Trinajstić information content (AvgIpc) is 3.08. The number of rotatable bonds is 4. The summed E-state index contributed by atoms with van der Waals surface area (Å²) in [5, 5.41) is 6.29. The number of carbonyl (C=O) groups is 1. The molecule has 0 fully saturated rings. The molecular weight excluding hydrogens is 464 g/mol. The number of nitrogens with zero attached hydrogens (tertiary/aromatic N) is 3. The molecule has 1 heterocycles. The molecule has 1 N–H and O–H groups in total. The van der Waals surface area contributed by atoms with E-state index in [9.17, 15) is 30.8 Å². The highest BCUT2D eigenvalue weighted by Gasteiger charge is 2.43. The number of hydrogen-bond acceptors (Lipinski definition) is 5. The molecule has 164 valence electrons. The highest BCUT2D eigenvalue weighted by Crippen LogP contribution is 2.33. The predicted molar refractivity (Wildman–Crippen MR) is 102 cm³/mol. The summed E-state index contributed by atoms with van der Waals surface area (Å²) in [7, 11) is -4.53. The van der Waals surface area contributed by atoms with E-state index in [-0.39, 0.29) is 20.2 Å². The molecule has 7 nitrogen and oxygen atoms in total. The first-order valence-corrected chi connectivity index (χ1v) is 10.3. The lowest BCUT2D eigenvalue weighted by atomic mass is 10.2. The SMILES string of the molecule is Cc1ccc(C)c(S(=O)(=O)NC(=O)c2nnn(-c3ccc(Cl)cc3F)c2C(F)(F)F)c1. The van der Waals surface area contributed by atoms with Crippen LogP contribution in [0.15, 0.2) is 41.3 Å². The van der Waals surface area contributed by atoms with Gasteiger partial charge in [-0.25, -0.2) is 22.2 Å². The van der Waals surface area contributed by atoms with Gasteiger partial charge in [0.1, 0.15) is 11.5 Å². The number of aromatic nitrogens is 3. The Balaban J connectivity index is 2.08. The van der Waals surface area contributed by atoms with Gasteiger partial charge >= 0.3 is 6.18 Å². The molecule has 0 aliphatic carbocycles. The highest BCUT2D eigenvalue weighted by atomic mass is 35.5. The Labute approximate surface area is 178 Å². The lowest BCUT2D eigenvalue weighted by Crippen LogP contribution is -2.33. The van der Waals surface area contributed by atoms with Gasteiger partial charge in [0.15, 0.2) is 11.4 Å². The van der Waals surface area contributed by atoms with Crippen LogP contribution in [0, 0.1) is 19.7 Å². The van der Waals surface area contributed by atoms with Crippen molar-refractivity contribution in [1.29, 1.82) is 0 Å². The van der Waals surface area contributed by atoms with Gasteiger partial charge in [-0.05, 0) is 49.2 Å². The topological polar surface area (TPSA) is 93.9 Å². The van der Waals surface area contributed by atoms with E-state index >= 15 is 0 Å². The van der Waals surface area contributed by atoms with Gasteiger partial charge in [-0.3, -0.25) is 4.79 Å². The Morgan fingerprint density at radius 3 is 2.42 bits per heavy atom. The fourth-order valence-corrected chi connectivity index (χ4v) is 4.18. The van der Waals surface area contributed by atoms with Crippen LogP contribution in [0.25, 0.3) is 5.69 Å². The van der Waals surface area contributed by atoms with Gasteiger partial charge in [0.2, 0.25) is 0 Å². The molecule has 31 heavy (non-hydrogen) atoms. The van der Waals surface area contributed by atoms with Crippen molar-refractivity contribution in [3.63, 3.8) is 0 Å². The van der Waals surface area contributed by atoms with E-state index in [0.29, 0.717) is 5.56 Å². The smallest absolute Gasteiger partial charge is 0.266 e. The highest BCUT2D eigenvalue weighted by molar-refractivity contribution is 7.90. The fraction of sp³-hybridized carbons (Fsp3) is 0.167. The van der Waals surface area contributed by atoms with Gasteiger partial charge < -0.3 is 0 Å². The number of nitrogens with one attached hydrogen (secondary N) is 1. The maximum absolute atomic E-state index is 14.2. The minimum absolute atomic E-state index is 0.0606. The molecule has 1 aromatic heterocycles. The minimum Gasteiger partial charge on any atom is -0.266 e. The van der Waals surface area contributed by atoms with Crippen LogP contribution in [0.5, 0.6) is 0 Å². The molecule has 0 radical (unpaired) electrons. The van der Waals surface area contributed by atoms with Crippen molar-refractivity contribution in [2.75, 3.05) is 0 Å². The summed E-state index contributed by atoms with van der Waals surface area (Å²) in [6.45, 7) is 3.06. The summed E-state index contributed by atoms with van der Waals surface area (Å²) in [5.74, 6) is -2.83. The van der Waals surface area contributed by atoms with E-state index in [4.69, 9.17) is 11.6 Å². The van der Waals surface area contributed by atoms with E-state index in [1.165, 1.54) is 19.1 Å². The summed E-state index contributed by atoms with van der Waals surface area (Å²) in [6.07, 6.45) is -5.22. The normalized spacial score (nSPS) is 12.1. The lowest BCUT2D eigenvalue weighted by molar-refractivity contribution is -0.143. The van der Waals surface area contributed by atoms with Gasteiger partial charge in [-0.2, -0.15) is 13.2 Å². The first-order valence-electron chi connectivity index (χ1n) is 8.44. The molecule has 0 atom stereocenters. The number of amides is 1. The second-order valence-corrected chi connectivity index (χ2v) is 8.58. The van der Waals surface area contributed by atoms with Crippen molar-refractivity contribution in [1.82, 2.24) is 19.7 Å². The number of benzene rings is 2. The Bertz CT molecular complexity index is 1290. The predicted octanol–water partition coefficient (Wildman–Crippen LogP) is 3.81. The number of halogens is 5. The second kappa shape index (κ2) is 7.93. The first kappa shape index (κ1) is 22.7. The summed E-state index contributed by atoms with van der Waals surface area (Å²) >= 11 is 5.61. The molecule has 0 saturated heterocycles. The van der Waals surface area contributed by atoms with Crippen molar-refractivity contribution in [2.24, 2.45) is 0 Å². The molecule has 1 amide bonds. The van der Waals surface area contributed by atoms with Gasteiger partial charge in [0.05, 0.1) is 4.90 Å². The number of alkyl halides is 3. The lowest BCUT2D eigenvalue weighted by Gasteiger charge is -2.13. The maximum Gasteiger partial charge on any atom is 0.435 e. The minimum atomic E-state index is -5.22. The summed E-state index contributed by atoms with van der Waals surface area (Å²) in [6, 6.07) is 7.15. The standard InChI is InChI=1S/C18H13ClF4N4O3S/c1-9-3-4-10(2)14(7-9)31(29,30)25-17(28)15-16(18(21,22)23)27(26-24-15)13-6-5-11(19)8-12(13)20/h3-8H,1-2H3,(H,25,28). The van der Waals surface area contributed by atoms with Crippen LogP contribution in [0.2, 0.25) is 5.02 Å². The molecule has 0 bridgehead atoms. The van der Waals surface area contributed by atoms with E-state index in [2.05, 4.69) is 10.3 Å². The third-order valence-corrected chi connectivity index (χ3v) is 5.86. The Morgan fingerprint density at radius 1 is 1.13 bits per heavy atom. The second-order valence-electron chi connectivity index (χ2n) is 6.50. The zero-order valence-electron chi connectivity index (χ0n) is 15.8. The first-order chi connectivity index (χ1) is 14.3. The molecule has 0 saturated carbocycles. The van der Waals surface area contributed by atoms with E-state index in [0.717, 1.165) is 18.2 Å². The zero-order valence-corrected chi connectivity index (χ0v) is 17.4. The Kier molecular flexibility index (Phi) is 5.80. The average molecular weight is 477 g/mol. The van der Waals surface area contributed by atoms with E-state index in [1.807, 2.05) is 0 Å². The van der Waals surface area contributed by atoms with Crippen LogP contribution in [0.4, 0.5) is 17.6 Å². The summed E-state index contributed by atoms with van der Waals surface area (Å²) in [4.78, 5) is 12.2. The largest absolute Gasteiger partial charge is 0.435 e. The van der Waals surface area contributed by atoms with Crippen LogP contribution < -0.4 is 4.72 Å². The number of sulfonamides is 1. The van der Waals surface area contributed by atoms with Crippen molar-refractivity contribution in [3.8, 4) is 5.69 Å². The van der Waals surface area contributed by atoms with Crippen LogP contribution in [0.1, 0.15) is 27.3 Å². The van der Waals surface area contributed by atoms with Gasteiger partial charge in [-0.15, -0.1) is 5.10 Å². The molecule has 3 aromatic rings. The maximum atomic E-state index is 14.2. The fourth-order valence-electron chi connectivity index (χ4n) is 2.73. The van der Waals surface area contributed by atoms with Crippen molar-refractivity contribution in [3.05, 3.63) is 69.8 Å². The third-order valence-electron chi connectivity index (χ3n) is 4.15. The number of aryl methyl sites for hydroxylation is 2. The summed E-state index contributed by atoms with van der Waals surface area (Å²) in [5.41, 5.74) is -2.94. The van der Waals surface area contributed by atoms with Crippen LogP contribution >= 0.6 is 11.6 Å².